The lowest BCUT2D eigenvalue weighted by atomic mass is 10.1. The second kappa shape index (κ2) is 7.42. The number of rotatable bonds is 6. The van der Waals surface area contributed by atoms with E-state index in [0.29, 0.717) is 17.3 Å². The van der Waals surface area contributed by atoms with Gasteiger partial charge in [0.2, 0.25) is 0 Å². The lowest BCUT2D eigenvalue weighted by molar-refractivity contribution is 0.0827. The zero-order valence-electron chi connectivity index (χ0n) is 13.2. The van der Waals surface area contributed by atoms with Crippen LogP contribution in [0.15, 0.2) is 36.7 Å². The minimum absolute atomic E-state index is 0.0186. The van der Waals surface area contributed by atoms with Crippen LogP contribution in [0.3, 0.4) is 0 Å². The van der Waals surface area contributed by atoms with Crippen molar-refractivity contribution in [3.05, 3.63) is 52.8 Å². The molecule has 5 nitrogen and oxygen atoms in total. The van der Waals surface area contributed by atoms with E-state index in [9.17, 15) is 4.79 Å². The van der Waals surface area contributed by atoms with E-state index in [-0.39, 0.29) is 5.91 Å². The van der Waals surface area contributed by atoms with Crippen LogP contribution in [0, 0.1) is 0 Å². The highest BCUT2D eigenvalue weighted by molar-refractivity contribution is 6.30. The first-order valence-electron chi connectivity index (χ1n) is 7.20. The van der Waals surface area contributed by atoms with Crippen molar-refractivity contribution in [2.75, 3.05) is 20.6 Å². The van der Waals surface area contributed by atoms with Gasteiger partial charge in [0.05, 0.1) is 17.9 Å². The number of halogens is 1. The van der Waals surface area contributed by atoms with Gasteiger partial charge in [-0.25, -0.2) is 0 Å². The van der Waals surface area contributed by atoms with E-state index in [1.165, 1.54) is 0 Å². The van der Waals surface area contributed by atoms with Crippen molar-refractivity contribution in [3.8, 4) is 0 Å². The predicted octanol–water partition coefficient (Wildman–Crippen LogP) is 2.72. The molecule has 0 saturated carbocycles. The lowest BCUT2D eigenvalue weighted by Crippen LogP contribution is -2.26. The quantitative estimate of drug-likeness (QED) is 0.822. The number of amides is 1. The summed E-state index contributed by atoms with van der Waals surface area (Å²) >= 11 is 5.88. The molecule has 0 aliphatic heterocycles. The van der Waals surface area contributed by atoms with Gasteiger partial charge in [0, 0.05) is 32.4 Å². The Labute approximate surface area is 136 Å². The molecule has 0 aliphatic rings. The van der Waals surface area contributed by atoms with Crippen LogP contribution >= 0.6 is 11.6 Å². The van der Waals surface area contributed by atoms with Crippen LogP contribution in [-0.4, -0.2) is 46.1 Å². The molecule has 1 aromatic carbocycles. The predicted molar refractivity (Wildman–Crippen MR) is 87.8 cm³/mol. The summed E-state index contributed by atoms with van der Waals surface area (Å²) in [5.74, 6) is 0.0186. The molecule has 0 atom stereocenters. The van der Waals surface area contributed by atoms with Crippen molar-refractivity contribution >= 4 is 17.5 Å². The molecule has 118 valence electrons. The van der Waals surface area contributed by atoms with Crippen molar-refractivity contribution < 1.29 is 4.79 Å². The highest BCUT2D eigenvalue weighted by atomic mass is 35.5. The summed E-state index contributed by atoms with van der Waals surface area (Å²) in [6.45, 7) is 4.48. The molecule has 0 bridgehead atoms. The fraction of sp³-hybridized carbons (Fsp3) is 0.375. The topological polar surface area (TPSA) is 41.4 Å². The van der Waals surface area contributed by atoms with Gasteiger partial charge in [0.25, 0.3) is 5.91 Å². The number of carbonyl (C=O) groups excluding carboxylic acids is 1. The first-order chi connectivity index (χ1) is 10.5. The van der Waals surface area contributed by atoms with Gasteiger partial charge in [-0.05, 0) is 24.2 Å². The van der Waals surface area contributed by atoms with Crippen LogP contribution in [0.4, 0.5) is 0 Å². The maximum absolute atomic E-state index is 11.9. The number of hydrogen-bond donors (Lipinski definition) is 0. The number of carbonyl (C=O) groups is 1. The molecule has 2 rings (SSSR count). The van der Waals surface area contributed by atoms with Crippen molar-refractivity contribution in [1.82, 2.24) is 19.6 Å². The maximum Gasteiger partial charge on any atom is 0.253 e. The smallest absolute Gasteiger partial charge is 0.253 e. The molecule has 1 amide bonds. The van der Waals surface area contributed by atoms with E-state index in [1.54, 1.807) is 25.2 Å². The average molecular weight is 321 g/mol. The minimum atomic E-state index is 0.0186. The first kappa shape index (κ1) is 16.5. The Morgan fingerprint density at radius 2 is 1.95 bits per heavy atom. The number of aromatic nitrogens is 2. The van der Waals surface area contributed by atoms with Crippen LogP contribution in [0.5, 0.6) is 0 Å². The second-order valence-corrected chi connectivity index (χ2v) is 5.82. The summed E-state index contributed by atoms with van der Waals surface area (Å²) in [5.41, 5.74) is 1.87. The van der Waals surface area contributed by atoms with E-state index in [2.05, 4.69) is 16.9 Å². The number of hydrogen-bond acceptors (Lipinski definition) is 3. The van der Waals surface area contributed by atoms with E-state index < -0.39 is 0 Å². The van der Waals surface area contributed by atoms with E-state index in [4.69, 9.17) is 11.6 Å². The molecule has 0 unspecified atom stereocenters. The van der Waals surface area contributed by atoms with Gasteiger partial charge in [-0.1, -0.05) is 30.7 Å². The maximum atomic E-state index is 11.9. The van der Waals surface area contributed by atoms with Gasteiger partial charge in [0.15, 0.2) is 0 Å². The second-order valence-electron chi connectivity index (χ2n) is 5.38. The van der Waals surface area contributed by atoms with Crippen LogP contribution in [0.1, 0.15) is 22.8 Å². The van der Waals surface area contributed by atoms with Gasteiger partial charge in [-0.3, -0.25) is 14.4 Å². The van der Waals surface area contributed by atoms with E-state index >= 15 is 0 Å². The molecule has 0 spiro atoms. The third-order valence-corrected chi connectivity index (χ3v) is 3.60. The fourth-order valence-corrected chi connectivity index (χ4v) is 2.31. The van der Waals surface area contributed by atoms with Gasteiger partial charge < -0.3 is 4.90 Å². The van der Waals surface area contributed by atoms with E-state index in [0.717, 1.165) is 18.7 Å². The van der Waals surface area contributed by atoms with Crippen LogP contribution in [0.2, 0.25) is 5.02 Å². The largest absolute Gasteiger partial charge is 0.345 e. The molecule has 1 aromatic heterocycles. The molecule has 0 aliphatic carbocycles. The zero-order chi connectivity index (χ0) is 16.1. The SMILES string of the molecule is CCN(Cc1ccc(C(=O)N(C)C)cc1)Cn1cc(Cl)cn1. The van der Waals surface area contributed by atoms with Crippen LogP contribution < -0.4 is 0 Å². The molecule has 6 heteroatoms. The van der Waals surface area contributed by atoms with Crippen LogP contribution in [0.25, 0.3) is 0 Å². The van der Waals surface area contributed by atoms with Crippen molar-refractivity contribution in [2.45, 2.75) is 20.1 Å². The first-order valence-corrected chi connectivity index (χ1v) is 7.58. The molecule has 2 aromatic rings. The Bertz CT molecular complexity index is 621. The van der Waals surface area contributed by atoms with Gasteiger partial charge in [-0.2, -0.15) is 5.10 Å². The molecule has 0 radical (unpaired) electrons. The summed E-state index contributed by atoms with van der Waals surface area (Å²) < 4.78 is 1.82. The van der Waals surface area contributed by atoms with Crippen molar-refractivity contribution in [1.29, 1.82) is 0 Å². The summed E-state index contributed by atoms with van der Waals surface area (Å²) in [4.78, 5) is 15.7. The van der Waals surface area contributed by atoms with Gasteiger partial charge >= 0.3 is 0 Å². The van der Waals surface area contributed by atoms with Gasteiger partial charge in [-0.15, -0.1) is 0 Å². The highest BCUT2D eigenvalue weighted by Gasteiger charge is 2.09. The Morgan fingerprint density at radius 3 is 2.45 bits per heavy atom. The van der Waals surface area contributed by atoms with Gasteiger partial charge in [0.1, 0.15) is 0 Å². The normalized spacial score (nSPS) is 11.0. The van der Waals surface area contributed by atoms with E-state index in [1.807, 2.05) is 35.1 Å². The average Bonchev–Trinajstić information content (AvgIpc) is 2.91. The zero-order valence-corrected chi connectivity index (χ0v) is 13.9. The molecule has 1 heterocycles. The third kappa shape index (κ3) is 4.32. The standard InChI is InChI=1S/C16H21ClN4O/c1-4-20(12-21-11-15(17)9-18-21)10-13-5-7-14(8-6-13)16(22)19(2)3/h5-9,11H,4,10,12H2,1-3H3. The molecule has 0 saturated heterocycles. The molecule has 0 fully saturated rings. The number of nitrogens with zero attached hydrogens (tertiary/aromatic N) is 4. The monoisotopic (exact) mass is 320 g/mol. The summed E-state index contributed by atoms with van der Waals surface area (Å²) in [5, 5.41) is 4.84. The Balaban J connectivity index is 2.00. The van der Waals surface area contributed by atoms with Crippen molar-refractivity contribution in [3.63, 3.8) is 0 Å². The molecular formula is C16H21ClN4O. The summed E-state index contributed by atoms with van der Waals surface area (Å²) in [7, 11) is 3.51. The van der Waals surface area contributed by atoms with Crippen molar-refractivity contribution in [2.24, 2.45) is 0 Å². The highest BCUT2D eigenvalue weighted by Crippen LogP contribution is 2.11. The molecule has 22 heavy (non-hydrogen) atoms. The Kier molecular flexibility index (Phi) is 5.57. The summed E-state index contributed by atoms with van der Waals surface area (Å²) in [6, 6.07) is 7.73. The fourth-order valence-electron chi connectivity index (χ4n) is 2.15. The molecular weight excluding hydrogens is 300 g/mol. The Morgan fingerprint density at radius 1 is 1.27 bits per heavy atom. The summed E-state index contributed by atoms with van der Waals surface area (Å²) in [6.07, 6.45) is 3.44. The van der Waals surface area contributed by atoms with Crippen LogP contribution in [-0.2, 0) is 13.2 Å². The lowest BCUT2D eigenvalue weighted by Gasteiger charge is -2.20. The Hall–Kier alpha value is -1.85. The molecule has 0 N–H and O–H groups in total. The number of benzene rings is 1. The minimum Gasteiger partial charge on any atom is -0.345 e. The third-order valence-electron chi connectivity index (χ3n) is 3.41.